The van der Waals surface area contributed by atoms with E-state index in [0.717, 1.165) is 28.6 Å². The molecule has 0 N–H and O–H groups in total. The van der Waals surface area contributed by atoms with Crippen molar-refractivity contribution in [3.05, 3.63) is 34.9 Å². The highest BCUT2D eigenvalue weighted by atomic mass is 35.5. The van der Waals surface area contributed by atoms with Crippen LogP contribution in [-0.2, 0) is 9.53 Å². The van der Waals surface area contributed by atoms with Gasteiger partial charge in [0, 0.05) is 30.2 Å². The third-order valence-electron chi connectivity index (χ3n) is 3.22. The summed E-state index contributed by atoms with van der Waals surface area (Å²) in [5.41, 5.74) is 1.15. The molecule has 1 fully saturated rings. The number of nitrogens with zero attached hydrogens (tertiary/aromatic N) is 1. The van der Waals surface area contributed by atoms with Gasteiger partial charge in [0.25, 0.3) is 0 Å². The van der Waals surface area contributed by atoms with Gasteiger partial charge in [-0.25, -0.2) is 0 Å². The summed E-state index contributed by atoms with van der Waals surface area (Å²) in [5, 5.41) is 0.726. The first kappa shape index (κ1) is 14.7. The van der Waals surface area contributed by atoms with Gasteiger partial charge in [-0.1, -0.05) is 23.7 Å². The number of hydrogen-bond acceptors (Lipinski definition) is 3. The monoisotopic (exact) mass is 299 g/mol. The second-order valence-corrected chi connectivity index (χ2v) is 6.06. The van der Waals surface area contributed by atoms with E-state index in [9.17, 15) is 4.79 Å². The summed E-state index contributed by atoms with van der Waals surface area (Å²) in [6, 6.07) is 7.94. The number of hydrogen-bond donors (Lipinski definition) is 0. The summed E-state index contributed by atoms with van der Waals surface area (Å²) in [6.45, 7) is 1.29. The van der Waals surface area contributed by atoms with Crippen LogP contribution in [0.3, 0.4) is 0 Å². The van der Waals surface area contributed by atoms with Crippen molar-refractivity contribution in [3.63, 3.8) is 0 Å². The average Bonchev–Trinajstić information content (AvgIpc) is 2.45. The Morgan fingerprint density at radius 3 is 2.89 bits per heavy atom. The highest BCUT2D eigenvalue weighted by molar-refractivity contribution is 7.99. The molecule has 1 amide bonds. The quantitative estimate of drug-likeness (QED) is 0.856. The minimum atomic E-state index is 0.153. The van der Waals surface area contributed by atoms with Crippen LogP contribution in [0.4, 0.5) is 0 Å². The maximum absolute atomic E-state index is 12.2. The van der Waals surface area contributed by atoms with Crippen LogP contribution >= 0.6 is 23.4 Å². The zero-order valence-electron chi connectivity index (χ0n) is 11.0. The fourth-order valence-electron chi connectivity index (χ4n) is 2.20. The van der Waals surface area contributed by atoms with Crippen LogP contribution in [0.15, 0.2) is 24.3 Å². The number of amides is 1. The zero-order chi connectivity index (χ0) is 13.7. The molecule has 1 aromatic carbocycles. The van der Waals surface area contributed by atoms with E-state index in [-0.39, 0.29) is 11.9 Å². The van der Waals surface area contributed by atoms with Crippen LogP contribution in [-0.4, -0.2) is 42.6 Å². The van der Waals surface area contributed by atoms with Crippen LogP contribution in [0, 0.1) is 0 Å². The molecule has 19 heavy (non-hydrogen) atoms. The van der Waals surface area contributed by atoms with Gasteiger partial charge in [-0.2, -0.15) is 11.8 Å². The lowest BCUT2D eigenvalue weighted by molar-refractivity contribution is -0.134. The molecule has 1 aliphatic rings. The van der Waals surface area contributed by atoms with Crippen molar-refractivity contribution in [2.45, 2.75) is 12.5 Å². The molecule has 0 unspecified atom stereocenters. The molecule has 1 atom stereocenters. The Morgan fingerprint density at radius 2 is 2.21 bits per heavy atom. The van der Waals surface area contributed by atoms with Gasteiger partial charge >= 0.3 is 0 Å². The first-order chi connectivity index (χ1) is 9.22. The summed E-state index contributed by atoms with van der Waals surface area (Å²) >= 11 is 7.80. The lowest BCUT2D eigenvalue weighted by Crippen LogP contribution is -2.41. The second kappa shape index (κ2) is 7.17. The van der Waals surface area contributed by atoms with Crippen molar-refractivity contribution in [2.24, 2.45) is 0 Å². The molecule has 3 nitrogen and oxygen atoms in total. The van der Waals surface area contributed by atoms with E-state index in [2.05, 4.69) is 0 Å². The van der Waals surface area contributed by atoms with E-state index in [1.54, 1.807) is 7.11 Å². The molecule has 0 spiro atoms. The number of benzene rings is 1. The summed E-state index contributed by atoms with van der Waals surface area (Å²) < 4.78 is 4.99. The highest BCUT2D eigenvalue weighted by Crippen LogP contribution is 2.30. The second-order valence-electron chi connectivity index (χ2n) is 4.47. The largest absolute Gasteiger partial charge is 0.384 e. The normalized spacial score (nSPS) is 19.5. The minimum Gasteiger partial charge on any atom is -0.384 e. The number of carbonyl (C=O) groups excluding carboxylic acids is 1. The molecule has 104 valence electrons. The van der Waals surface area contributed by atoms with Crippen molar-refractivity contribution < 1.29 is 9.53 Å². The molecule has 5 heteroatoms. The van der Waals surface area contributed by atoms with Gasteiger partial charge < -0.3 is 9.64 Å². The molecular formula is C14H18ClNO2S. The average molecular weight is 300 g/mol. The first-order valence-corrected chi connectivity index (χ1v) is 7.87. The molecule has 2 rings (SSSR count). The van der Waals surface area contributed by atoms with Crippen molar-refractivity contribution >= 4 is 29.3 Å². The van der Waals surface area contributed by atoms with Crippen LogP contribution in [0.1, 0.15) is 18.0 Å². The molecule has 1 aliphatic heterocycles. The maximum atomic E-state index is 12.2. The zero-order valence-corrected chi connectivity index (χ0v) is 12.5. The molecule has 0 aromatic heterocycles. The Balaban J connectivity index is 2.11. The van der Waals surface area contributed by atoms with Gasteiger partial charge in [0.05, 0.1) is 19.1 Å². The lowest BCUT2D eigenvalue weighted by atomic mass is 10.1. The number of carbonyl (C=O) groups is 1. The fourth-order valence-corrected chi connectivity index (χ4v) is 3.41. The van der Waals surface area contributed by atoms with Crippen LogP contribution in [0.2, 0.25) is 5.02 Å². The van der Waals surface area contributed by atoms with E-state index in [1.165, 1.54) is 0 Å². The third-order valence-corrected chi connectivity index (χ3v) is 4.50. The van der Waals surface area contributed by atoms with Crippen molar-refractivity contribution in [2.75, 3.05) is 31.8 Å². The molecule has 0 aliphatic carbocycles. The van der Waals surface area contributed by atoms with Gasteiger partial charge in [0.2, 0.25) is 5.91 Å². The van der Waals surface area contributed by atoms with Crippen LogP contribution < -0.4 is 0 Å². The Labute approximate surface area is 123 Å². The molecular weight excluding hydrogens is 282 g/mol. The van der Waals surface area contributed by atoms with E-state index >= 15 is 0 Å². The smallest absolute Gasteiger partial charge is 0.225 e. The summed E-state index contributed by atoms with van der Waals surface area (Å²) in [6.07, 6.45) is 0.450. The molecule has 0 bridgehead atoms. The summed E-state index contributed by atoms with van der Waals surface area (Å²) in [4.78, 5) is 14.2. The topological polar surface area (TPSA) is 29.5 Å². The Kier molecular flexibility index (Phi) is 5.55. The fraction of sp³-hybridized carbons (Fsp3) is 0.500. The van der Waals surface area contributed by atoms with Crippen LogP contribution in [0.5, 0.6) is 0 Å². The Morgan fingerprint density at radius 1 is 1.47 bits per heavy atom. The number of methoxy groups -OCH3 is 1. The van der Waals surface area contributed by atoms with E-state index < -0.39 is 0 Å². The van der Waals surface area contributed by atoms with Crippen molar-refractivity contribution in [1.82, 2.24) is 4.90 Å². The van der Waals surface area contributed by atoms with Crippen LogP contribution in [0.25, 0.3) is 0 Å². The number of rotatable bonds is 4. The van der Waals surface area contributed by atoms with Gasteiger partial charge in [-0.15, -0.1) is 0 Å². The van der Waals surface area contributed by atoms with E-state index in [4.69, 9.17) is 16.3 Å². The predicted molar refractivity (Wildman–Crippen MR) is 79.7 cm³/mol. The standard InChI is InChI=1S/C14H18ClNO2S/c1-18-8-6-14(17)16-7-9-19-10-13(16)11-2-4-12(15)5-3-11/h2-5,13H,6-10H2,1H3/t13-/m1/s1. The van der Waals surface area contributed by atoms with Crippen molar-refractivity contribution in [3.8, 4) is 0 Å². The highest BCUT2D eigenvalue weighted by Gasteiger charge is 2.27. The number of ether oxygens (including phenoxy) is 1. The van der Waals surface area contributed by atoms with Crippen molar-refractivity contribution in [1.29, 1.82) is 0 Å². The van der Waals surface area contributed by atoms with E-state index in [0.29, 0.717) is 13.0 Å². The lowest BCUT2D eigenvalue weighted by Gasteiger charge is -2.36. The number of halogens is 1. The Hall–Kier alpha value is -0.710. The first-order valence-electron chi connectivity index (χ1n) is 6.34. The molecule has 1 heterocycles. The molecule has 1 saturated heterocycles. The Bertz CT molecular complexity index is 424. The summed E-state index contributed by atoms with van der Waals surface area (Å²) in [7, 11) is 1.62. The maximum Gasteiger partial charge on any atom is 0.225 e. The predicted octanol–water partition coefficient (Wildman–Crippen LogP) is 2.99. The summed E-state index contributed by atoms with van der Waals surface area (Å²) in [5.74, 6) is 2.12. The SMILES string of the molecule is COCCC(=O)N1CCSC[C@@H]1c1ccc(Cl)cc1. The van der Waals surface area contributed by atoms with Gasteiger partial charge in [-0.3, -0.25) is 4.79 Å². The van der Waals surface area contributed by atoms with E-state index in [1.807, 2.05) is 40.9 Å². The molecule has 1 aromatic rings. The minimum absolute atomic E-state index is 0.153. The molecule has 0 saturated carbocycles. The molecule has 0 radical (unpaired) electrons. The van der Waals surface area contributed by atoms with Gasteiger partial charge in [0.1, 0.15) is 0 Å². The van der Waals surface area contributed by atoms with Gasteiger partial charge in [0.15, 0.2) is 0 Å². The van der Waals surface area contributed by atoms with Gasteiger partial charge in [-0.05, 0) is 17.7 Å². The number of thioether (sulfide) groups is 1. The third kappa shape index (κ3) is 3.88.